The first-order valence-electron chi connectivity index (χ1n) is 7.90. The maximum atomic E-state index is 13.6. The standard InChI is InChI=1S/C19H16ClFN4O/c1-12-6-7-14(8-15(12)20)25-19(26)17-10-24-18(11-22-17)23-9-13-4-2-3-5-16(13)21/h2-8,10-11H,9H2,1H3,(H,23,24)(H,25,26). The number of carbonyl (C=O) groups excluding carboxylic acids is 1. The number of anilines is 2. The summed E-state index contributed by atoms with van der Waals surface area (Å²) in [5.41, 5.74) is 2.19. The van der Waals surface area contributed by atoms with Crippen molar-refractivity contribution in [3.8, 4) is 0 Å². The summed E-state index contributed by atoms with van der Waals surface area (Å²) in [4.78, 5) is 20.4. The molecule has 0 radical (unpaired) electrons. The van der Waals surface area contributed by atoms with E-state index in [1.54, 1.807) is 30.3 Å². The first kappa shape index (κ1) is 17.8. The molecule has 0 aliphatic rings. The van der Waals surface area contributed by atoms with E-state index in [0.29, 0.717) is 22.1 Å². The van der Waals surface area contributed by atoms with E-state index in [1.165, 1.54) is 18.5 Å². The zero-order chi connectivity index (χ0) is 18.5. The Morgan fingerprint density at radius 2 is 1.96 bits per heavy atom. The van der Waals surface area contributed by atoms with Gasteiger partial charge in [-0.05, 0) is 30.7 Å². The van der Waals surface area contributed by atoms with E-state index in [0.717, 1.165) is 5.56 Å². The molecule has 0 atom stereocenters. The summed E-state index contributed by atoms with van der Waals surface area (Å²) in [6, 6.07) is 11.7. The van der Waals surface area contributed by atoms with Gasteiger partial charge < -0.3 is 10.6 Å². The summed E-state index contributed by atoms with van der Waals surface area (Å²) in [6.07, 6.45) is 2.78. The smallest absolute Gasteiger partial charge is 0.275 e. The lowest BCUT2D eigenvalue weighted by Crippen LogP contribution is -2.14. The van der Waals surface area contributed by atoms with Gasteiger partial charge in [0.2, 0.25) is 0 Å². The third-order valence-corrected chi connectivity index (χ3v) is 4.14. The van der Waals surface area contributed by atoms with Gasteiger partial charge in [-0.25, -0.2) is 14.4 Å². The minimum Gasteiger partial charge on any atom is -0.365 e. The zero-order valence-corrected chi connectivity index (χ0v) is 14.7. The Morgan fingerprint density at radius 1 is 1.15 bits per heavy atom. The van der Waals surface area contributed by atoms with Crippen molar-refractivity contribution in [3.05, 3.63) is 82.5 Å². The van der Waals surface area contributed by atoms with Crippen LogP contribution in [0.15, 0.2) is 54.9 Å². The Balaban J connectivity index is 1.62. The highest BCUT2D eigenvalue weighted by molar-refractivity contribution is 6.31. The van der Waals surface area contributed by atoms with Crippen LogP contribution in [-0.2, 0) is 6.54 Å². The van der Waals surface area contributed by atoms with E-state index in [-0.39, 0.29) is 18.1 Å². The topological polar surface area (TPSA) is 66.9 Å². The number of rotatable bonds is 5. The molecule has 2 N–H and O–H groups in total. The molecule has 0 spiro atoms. The van der Waals surface area contributed by atoms with Crippen molar-refractivity contribution in [2.75, 3.05) is 10.6 Å². The number of hydrogen-bond acceptors (Lipinski definition) is 4. The van der Waals surface area contributed by atoms with E-state index in [9.17, 15) is 9.18 Å². The number of amides is 1. The minimum atomic E-state index is -0.391. The van der Waals surface area contributed by atoms with Crippen LogP contribution in [-0.4, -0.2) is 15.9 Å². The van der Waals surface area contributed by atoms with Gasteiger partial charge in [0.25, 0.3) is 5.91 Å². The Kier molecular flexibility index (Phi) is 5.43. The van der Waals surface area contributed by atoms with Gasteiger partial charge in [-0.3, -0.25) is 4.79 Å². The monoisotopic (exact) mass is 370 g/mol. The average molecular weight is 371 g/mol. The number of nitrogens with one attached hydrogen (secondary N) is 2. The third-order valence-electron chi connectivity index (χ3n) is 3.73. The molecule has 26 heavy (non-hydrogen) atoms. The molecule has 0 unspecified atom stereocenters. The first-order chi connectivity index (χ1) is 12.5. The van der Waals surface area contributed by atoms with Gasteiger partial charge in [0.15, 0.2) is 0 Å². The average Bonchev–Trinajstić information content (AvgIpc) is 2.64. The second-order valence-corrected chi connectivity index (χ2v) is 6.06. The van der Waals surface area contributed by atoms with Crippen molar-refractivity contribution in [3.63, 3.8) is 0 Å². The summed E-state index contributed by atoms with van der Waals surface area (Å²) >= 11 is 6.05. The van der Waals surface area contributed by atoms with Gasteiger partial charge in [0, 0.05) is 22.8 Å². The molecule has 5 nitrogen and oxygen atoms in total. The second kappa shape index (κ2) is 7.93. The highest BCUT2D eigenvalue weighted by Gasteiger charge is 2.09. The fraction of sp³-hybridized carbons (Fsp3) is 0.105. The molecule has 0 aliphatic carbocycles. The van der Waals surface area contributed by atoms with E-state index in [1.807, 2.05) is 13.0 Å². The Bertz CT molecular complexity index is 931. The molecule has 0 bridgehead atoms. The van der Waals surface area contributed by atoms with Crippen LogP contribution in [0.2, 0.25) is 5.02 Å². The summed E-state index contributed by atoms with van der Waals surface area (Å²) in [6.45, 7) is 2.15. The van der Waals surface area contributed by atoms with Crippen LogP contribution < -0.4 is 10.6 Å². The van der Waals surface area contributed by atoms with Crippen LogP contribution in [0.1, 0.15) is 21.6 Å². The van der Waals surface area contributed by atoms with Crippen LogP contribution in [0.25, 0.3) is 0 Å². The molecule has 1 aromatic heterocycles. The van der Waals surface area contributed by atoms with Crippen LogP contribution in [0, 0.1) is 12.7 Å². The molecule has 0 fully saturated rings. The Morgan fingerprint density at radius 3 is 2.65 bits per heavy atom. The summed E-state index contributed by atoms with van der Waals surface area (Å²) in [5, 5.41) is 6.25. The Labute approximate surface area is 155 Å². The van der Waals surface area contributed by atoms with Gasteiger partial charge in [-0.2, -0.15) is 0 Å². The van der Waals surface area contributed by atoms with E-state index >= 15 is 0 Å². The minimum absolute atomic E-state index is 0.165. The predicted molar refractivity (Wildman–Crippen MR) is 99.9 cm³/mol. The molecule has 0 saturated carbocycles. The quantitative estimate of drug-likeness (QED) is 0.696. The van der Waals surface area contributed by atoms with E-state index in [4.69, 9.17) is 11.6 Å². The molecule has 7 heteroatoms. The number of halogens is 2. The number of aryl methyl sites for hydroxylation is 1. The van der Waals surface area contributed by atoms with Crippen LogP contribution in [0.4, 0.5) is 15.9 Å². The van der Waals surface area contributed by atoms with Crippen LogP contribution in [0.5, 0.6) is 0 Å². The summed E-state index contributed by atoms with van der Waals surface area (Å²) < 4.78 is 13.6. The normalized spacial score (nSPS) is 10.4. The zero-order valence-electron chi connectivity index (χ0n) is 14.0. The molecule has 1 heterocycles. The van der Waals surface area contributed by atoms with Gasteiger partial charge >= 0.3 is 0 Å². The van der Waals surface area contributed by atoms with Crippen molar-refractivity contribution in [1.82, 2.24) is 9.97 Å². The molecule has 132 valence electrons. The number of carbonyl (C=O) groups is 1. The van der Waals surface area contributed by atoms with Crippen LogP contribution >= 0.6 is 11.6 Å². The summed E-state index contributed by atoms with van der Waals surface area (Å²) in [5.74, 6) is -0.234. The number of nitrogens with zero attached hydrogens (tertiary/aromatic N) is 2. The summed E-state index contributed by atoms with van der Waals surface area (Å²) in [7, 11) is 0. The van der Waals surface area contributed by atoms with Crippen molar-refractivity contribution >= 4 is 29.0 Å². The predicted octanol–water partition coefficient (Wildman–Crippen LogP) is 4.44. The van der Waals surface area contributed by atoms with Gasteiger partial charge in [-0.15, -0.1) is 0 Å². The lowest BCUT2D eigenvalue weighted by molar-refractivity contribution is 0.102. The molecule has 3 rings (SSSR count). The van der Waals surface area contributed by atoms with Crippen molar-refractivity contribution in [2.24, 2.45) is 0 Å². The lowest BCUT2D eigenvalue weighted by Gasteiger charge is -2.08. The van der Waals surface area contributed by atoms with Gasteiger partial charge in [0.05, 0.1) is 12.4 Å². The number of hydrogen-bond donors (Lipinski definition) is 2. The number of benzene rings is 2. The SMILES string of the molecule is Cc1ccc(NC(=O)c2cnc(NCc3ccccc3F)cn2)cc1Cl. The second-order valence-electron chi connectivity index (χ2n) is 5.65. The molecule has 2 aromatic carbocycles. The molecule has 1 amide bonds. The third kappa shape index (κ3) is 4.34. The highest BCUT2D eigenvalue weighted by atomic mass is 35.5. The fourth-order valence-corrected chi connectivity index (χ4v) is 2.41. The first-order valence-corrected chi connectivity index (χ1v) is 8.27. The van der Waals surface area contributed by atoms with Crippen molar-refractivity contribution in [2.45, 2.75) is 13.5 Å². The fourth-order valence-electron chi connectivity index (χ4n) is 2.23. The van der Waals surface area contributed by atoms with Crippen molar-refractivity contribution < 1.29 is 9.18 Å². The van der Waals surface area contributed by atoms with E-state index < -0.39 is 5.91 Å². The maximum absolute atomic E-state index is 13.6. The molecule has 3 aromatic rings. The molecule has 0 aliphatic heterocycles. The van der Waals surface area contributed by atoms with Crippen molar-refractivity contribution in [1.29, 1.82) is 0 Å². The lowest BCUT2D eigenvalue weighted by atomic mass is 10.2. The Hall–Kier alpha value is -2.99. The van der Waals surface area contributed by atoms with E-state index in [2.05, 4.69) is 20.6 Å². The maximum Gasteiger partial charge on any atom is 0.275 e. The van der Waals surface area contributed by atoms with Gasteiger partial charge in [0.1, 0.15) is 17.3 Å². The molecule has 0 saturated heterocycles. The highest BCUT2D eigenvalue weighted by Crippen LogP contribution is 2.20. The van der Waals surface area contributed by atoms with Gasteiger partial charge in [-0.1, -0.05) is 35.9 Å². The largest absolute Gasteiger partial charge is 0.365 e. The molecular weight excluding hydrogens is 355 g/mol. The van der Waals surface area contributed by atoms with Crippen LogP contribution in [0.3, 0.4) is 0 Å². The number of aromatic nitrogens is 2. The molecular formula is C19H16ClFN4O.